The van der Waals surface area contributed by atoms with Crippen LogP contribution < -0.4 is 0 Å². The van der Waals surface area contributed by atoms with Crippen molar-refractivity contribution in [3.63, 3.8) is 0 Å². The molecule has 1 aliphatic carbocycles. The number of nitrogens with zero attached hydrogens (tertiary/aromatic N) is 1. The Bertz CT molecular complexity index is 247. The van der Waals surface area contributed by atoms with Gasteiger partial charge in [0.25, 0.3) is 0 Å². The molecule has 0 aromatic carbocycles. The minimum absolute atomic E-state index is 0.659. The van der Waals surface area contributed by atoms with E-state index in [1.165, 1.54) is 56.4 Å². The van der Waals surface area contributed by atoms with Crippen molar-refractivity contribution in [3.05, 3.63) is 11.3 Å². The Balaban J connectivity index is 1.81. The third-order valence-electron chi connectivity index (χ3n) is 3.80. The number of rotatable bonds is 3. The lowest BCUT2D eigenvalue weighted by Crippen LogP contribution is -2.29. The van der Waals surface area contributed by atoms with Crippen molar-refractivity contribution in [2.45, 2.75) is 51.5 Å². The molecule has 0 radical (unpaired) electrons. The summed E-state index contributed by atoms with van der Waals surface area (Å²) >= 11 is 0. The standard InChI is InChI=1S/C13H23NO/c1-11-6-3-4-8-13(11)15-10-12-7-5-9-14(12)2/h12H,3-10H2,1-2H3/t12-/m0/s1. The molecule has 0 bridgehead atoms. The Morgan fingerprint density at radius 2 is 2.07 bits per heavy atom. The number of likely N-dealkylation sites (tertiary alicyclic amines) is 1. The van der Waals surface area contributed by atoms with Crippen LogP contribution in [0.25, 0.3) is 0 Å². The van der Waals surface area contributed by atoms with Gasteiger partial charge in [-0.2, -0.15) is 0 Å². The van der Waals surface area contributed by atoms with E-state index in [0.29, 0.717) is 6.04 Å². The summed E-state index contributed by atoms with van der Waals surface area (Å²) in [6.45, 7) is 4.38. The highest BCUT2D eigenvalue weighted by Crippen LogP contribution is 2.26. The van der Waals surface area contributed by atoms with Crippen molar-refractivity contribution in [2.24, 2.45) is 0 Å². The number of allylic oxidation sites excluding steroid dienone is 2. The Kier molecular flexibility index (Phi) is 3.68. The summed E-state index contributed by atoms with van der Waals surface area (Å²) in [6, 6.07) is 0.659. The van der Waals surface area contributed by atoms with Gasteiger partial charge in [0.1, 0.15) is 6.61 Å². The average molecular weight is 209 g/mol. The Labute approximate surface area is 93.3 Å². The van der Waals surface area contributed by atoms with E-state index in [1.807, 2.05) is 0 Å². The zero-order valence-electron chi connectivity index (χ0n) is 10.1. The number of hydrogen-bond acceptors (Lipinski definition) is 2. The van der Waals surface area contributed by atoms with Crippen molar-refractivity contribution in [1.29, 1.82) is 0 Å². The molecule has 15 heavy (non-hydrogen) atoms. The molecule has 0 aromatic rings. The molecule has 1 aliphatic heterocycles. The molecule has 0 N–H and O–H groups in total. The maximum Gasteiger partial charge on any atom is 0.103 e. The van der Waals surface area contributed by atoms with Crippen LogP contribution >= 0.6 is 0 Å². The van der Waals surface area contributed by atoms with Crippen molar-refractivity contribution in [1.82, 2.24) is 4.90 Å². The zero-order chi connectivity index (χ0) is 10.7. The highest BCUT2D eigenvalue weighted by Gasteiger charge is 2.22. The van der Waals surface area contributed by atoms with Crippen LogP contribution in [0.15, 0.2) is 11.3 Å². The van der Waals surface area contributed by atoms with Gasteiger partial charge in [-0.1, -0.05) is 0 Å². The quantitative estimate of drug-likeness (QED) is 0.708. The third kappa shape index (κ3) is 2.75. The molecular formula is C13H23NO. The SMILES string of the molecule is CC1=C(OC[C@@H]2CCCN2C)CCCC1. The summed E-state index contributed by atoms with van der Waals surface area (Å²) in [5.74, 6) is 1.29. The molecule has 0 spiro atoms. The molecule has 0 aromatic heterocycles. The van der Waals surface area contributed by atoms with Gasteiger partial charge in [0.05, 0.1) is 5.76 Å². The molecule has 1 atom stereocenters. The molecule has 86 valence electrons. The van der Waals surface area contributed by atoms with Crippen LogP contribution in [0.4, 0.5) is 0 Å². The smallest absolute Gasteiger partial charge is 0.103 e. The minimum Gasteiger partial charge on any atom is -0.496 e. The fourth-order valence-electron chi connectivity index (χ4n) is 2.61. The first kappa shape index (κ1) is 11.0. The van der Waals surface area contributed by atoms with Crippen molar-refractivity contribution in [2.75, 3.05) is 20.2 Å². The Hall–Kier alpha value is -0.500. The first-order valence-electron chi connectivity index (χ1n) is 6.29. The van der Waals surface area contributed by atoms with E-state index in [2.05, 4.69) is 18.9 Å². The summed E-state index contributed by atoms with van der Waals surface area (Å²) in [7, 11) is 2.21. The molecule has 2 heteroatoms. The fourth-order valence-corrected chi connectivity index (χ4v) is 2.61. The van der Waals surface area contributed by atoms with E-state index in [9.17, 15) is 0 Å². The van der Waals surface area contributed by atoms with Crippen molar-refractivity contribution < 1.29 is 4.74 Å². The van der Waals surface area contributed by atoms with Gasteiger partial charge in [0.15, 0.2) is 0 Å². The second kappa shape index (κ2) is 5.02. The third-order valence-corrected chi connectivity index (χ3v) is 3.80. The monoisotopic (exact) mass is 209 g/mol. The maximum absolute atomic E-state index is 5.99. The predicted octanol–water partition coefficient (Wildman–Crippen LogP) is 2.95. The van der Waals surface area contributed by atoms with Crippen LogP contribution in [0.1, 0.15) is 45.4 Å². The van der Waals surface area contributed by atoms with Gasteiger partial charge in [-0.05, 0) is 58.2 Å². The van der Waals surface area contributed by atoms with Crippen molar-refractivity contribution >= 4 is 0 Å². The molecule has 1 saturated heterocycles. The average Bonchev–Trinajstić information content (AvgIpc) is 2.63. The Morgan fingerprint density at radius 1 is 1.27 bits per heavy atom. The molecule has 0 saturated carbocycles. The first-order valence-corrected chi connectivity index (χ1v) is 6.29. The number of hydrogen-bond donors (Lipinski definition) is 0. The normalized spacial score (nSPS) is 28.5. The first-order chi connectivity index (χ1) is 7.27. The van der Waals surface area contributed by atoms with Gasteiger partial charge in [-0.3, -0.25) is 0 Å². The van der Waals surface area contributed by atoms with Gasteiger partial charge < -0.3 is 9.64 Å². The largest absolute Gasteiger partial charge is 0.496 e. The second-order valence-corrected chi connectivity index (χ2v) is 5.00. The lowest BCUT2D eigenvalue weighted by atomic mass is 9.99. The summed E-state index contributed by atoms with van der Waals surface area (Å²) in [6.07, 6.45) is 7.72. The number of likely N-dealkylation sites (N-methyl/N-ethyl adjacent to an activating group) is 1. The van der Waals surface area contributed by atoms with E-state index in [4.69, 9.17) is 4.74 Å². The van der Waals surface area contributed by atoms with E-state index >= 15 is 0 Å². The van der Waals surface area contributed by atoms with Crippen LogP contribution in [0.2, 0.25) is 0 Å². The van der Waals surface area contributed by atoms with Gasteiger partial charge in [0, 0.05) is 12.5 Å². The lowest BCUT2D eigenvalue weighted by Gasteiger charge is -2.23. The maximum atomic E-state index is 5.99. The predicted molar refractivity (Wildman–Crippen MR) is 62.8 cm³/mol. The fraction of sp³-hybridized carbons (Fsp3) is 0.846. The van der Waals surface area contributed by atoms with Crippen LogP contribution in [-0.2, 0) is 4.74 Å². The van der Waals surface area contributed by atoms with Crippen LogP contribution in [-0.4, -0.2) is 31.1 Å². The molecule has 1 heterocycles. The van der Waals surface area contributed by atoms with Gasteiger partial charge in [-0.25, -0.2) is 0 Å². The topological polar surface area (TPSA) is 12.5 Å². The summed E-state index contributed by atoms with van der Waals surface area (Å²) < 4.78 is 5.99. The molecule has 0 unspecified atom stereocenters. The van der Waals surface area contributed by atoms with Gasteiger partial charge in [0.2, 0.25) is 0 Å². The summed E-state index contributed by atoms with van der Waals surface area (Å²) in [5, 5.41) is 0. The van der Waals surface area contributed by atoms with Crippen LogP contribution in [0.5, 0.6) is 0 Å². The van der Waals surface area contributed by atoms with E-state index < -0.39 is 0 Å². The highest BCUT2D eigenvalue weighted by atomic mass is 16.5. The summed E-state index contributed by atoms with van der Waals surface area (Å²) in [4.78, 5) is 2.43. The molecular weight excluding hydrogens is 186 g/mol. The molecule has 0 amide bonds. The lowest BCUT2D eigenvalue weighted by molar-refractivity contribution is 0.127. The second-order valence-electron chi connectivity index (χ2n) is 5.00. The van der Waals surface area contributed by atoms with Gasteiger partial charge in [-0.15, -0.1) is 0 Å². The Morgan fingerprint density at radius 3 is 2.73 bits per heavy atom. The zero-order valence-corrected chi connectivity index (χ0v) is 10.1. The van der Waals surface area contributed by atoms with E-state index in [1.54, 1.807) is 0 Å². The highest BCUT2D eigenvalue weighted by molar-refractivity contribution is 5.08. The van der Waals surface area contributed by atoms with Gasteiger partial charge >= 0.3 is 0 Å². The molecule has 2 nitrogen and oxygen atoms in total. The van der Waals surface area contributed by atoms with Crippen molar-refractivity contribution in [3.8, 4) is 0 Å². The van der Waals surface area contributed by atoms with Crippen LogP contribution in [0, 0.1) is 0 Å². The molecule has 1 fully saturated rings. The molecule has 2 rings (SSSR count). The number of ether oxygens (including phenoxy) is 1. The van der Waals surface area contributed by atoms with Crippen LogP contribution in [0.3, 0.4) is 0 Å². The van der Waals surface area contributed by atoms with E-state index in [0.717, 1.165) is 6.61 Å². The summed E-state index contributed by atoms with van der Waals surface area (Å²) in [5.41, 5.74) is 1.49. The van der Waals surface area contributed by atoms with E-state index in [-0.39, 0.29) is 0 Å². The molecule has 2 aliphatic rings. The minimum atomic E-state index is 0.659.